The lowest BCUT2D eigenvalue weighted by molar-refractivity contribution is -0.154. The fourth-order valence-corrected chi connectivity index (χ4v) is 3.21. The van der Waals surface area contributed by atoms with Crippen molar-refractivity contribution in [2.75, 3.05) is 19.7 Å². The lowest BCUT2D eigenvalue weighted by atomic mass is 9.96. The topological polar surface area (TPSA) is 119 Å². The van der Waals surface area contributed by atoms with E-state index < -0.39 is 18.2 Å². The van der Waals surface area contributed by atoms with Gasteiger partial charge in [0.15, 0.2) is 0 Å². The highest BCUT2D eigenvalue weighted by Crippen LogP contribution is 2.22. The van der Waals surface area contributed by atoms with Gasteiger partial charge in [0.2, 0.25) is 11.8 Å². The molecule has 2 saturated heterocycles. The van der Waals surface area contributed by atoms with Crippen molar-refractivity contribution in [3.8, 4) is 0 Å². The number of esters is 1. The van der Waals surface area contributed by atoms with Gasteiger partial charge in [-0.3, -0.25) is 14.4 Å². The smallest absolute Gasteiger partial charge is 0.306 e. The number of hydrogen-bond acceptors (Lipinski definition) is 6. The molecular weight excluding hydrogens is 315 g/mol. The van der Waals surface area contributed by atoms with Crippen LogP contribution in [0.1, 0.15) is 32.1 Å². The van der Waals surface area contributed by atoms with Crippen molar-refractivity contribution in [3.63, 3.8) is 0 Å². The minimum Gasteiger partial charge on any atom is -0.459 e. The average Bonchev–Trinajstić information content (AvgIpc) is 2.92. The van der Waals surface area contributed by atoms with Crippen molar-refractivity contribution < 1.29 is 29.0 Å². The number of aliphatic hydroxyl groups is 1. The Morgan fingerprint density at radius 1 is 1.25 bits per heavy atom. The van der Waals surface area contributed by atoms with Crippen molar-refractivity contribution in [2.24, 2.45) is 11.7 Å². The molecule has 8 nitrogen and oxygen atoms in total. The Kier molecular flexibility index (Phi) is 6.62. The minimum absolute atomic E-state index is 0.00237. The molecule has 0 aliphatic carbocycles. The van der Waals surface area contributed by atoms with Crippen LogP contribution in [0.5, 0.6) is 0 Å². The number of carbonyl (C=O) groups excluding carboxylic acids is 3. The SMILES string of the molecule is B[C@H]1C[C@@H](OC(=O)CCC(=O)N2CCC(C(N)=O)CC2)[C@@H](CO)O1. The number of amides is 2. The zero-order valence-electron chi connectivity index (χ0n) is 14.0. The Hall–Kier alpha value is -1.61. The molecule has 3 N–H and O–H groups in total. The van der Waals surface area contributed by atoms with E-state index in [-0.39, 0.29) is 43.2 Å². The molecule has 0 saturated carbocycles. The lowest BCUT2D eigenvalue weighted by Crippen LogP contribution is -2.41. The molecule has 0 aromatic heterocycles. The summed E-state index contributed by atoms with van der Waals surface area (Å²) in [6.45, 7) is 0.778. The van der Waals surface area contributed by atoms with Gasteiger partial charge in [0.25, 0.3) is 0 Å². The van der Waals surface area contributed by atoms with Crippen LogP contribution in [0, 0.1) is 5.92 Å². The third-order valence-corrected chi connectivity index (χ3v) is 4.64. The Morgan fingerprint density at radius 2 is 1.92 bits per heavy atom. The number of rotatable bonds is 6. The van der Waals surface area contributed by atoms with Crippen LogP contribution in [0.2, 0.25) is 0 Å². The predicted molar refractivity (Wildman–Crippen MR) is 86.5 cm³/mol. The fraction of sp³-hybridized carbons (Fsp3) is 0.800. The molecule has 3 atom stereocenters. The van der Waals surface area contributed by atoms with Gasteiger partial charge in [-0.15, -0.1) is 0 Å². The standard InChI is InChI=1S/C15H25BN2O6/c16-12-7-10(11(8-19)23-12)24-14(21)2-1-13(20)18-5-3-9(4-6-18)15(17)22/h9-12,19H,1-8,16H2,(H2,17,22)/t10-,11-,12-/m1/s1. The number of ether oxygens (including phenoxy) is 2. The normalized spacial score (nSPS) is 27.9. The molecule has 0 radical (unpaired) electrons. The van der Waals surface area contributed by atoms with Gasteiger partial charge in [0, 0.05) is 37.9 Å². The molecule has 0 unspecified atom stereocenters. The highest BCUT2D eigenvalue weighted by Gasteiger charge is 2.35. The Balaban J connectivity index is 1.70. The highest BCUT2D eigenvalue weighted by molar-refractivity contribution is 6.11. The molecular formula is C15H25BN2O6. The number of aliphatic hydroxyl groups excluding tert-OH is 1. The van der Waals surface area contributed by atoms with E-state index in [1.54, 1.807) is 4.90 Å². The summed E-state index contributed by atoms with van der Waals surface area (Å²) < 4.78 is 10.7. The molecule has 2 heterocycles. The highest BCUT2D eigenvalue weighted by atomic mass is 16.6. The number of primary amides is 1. The molecule has 0 aromatic rings. The van der Waals surface area contributed by atoms with Crippen molar-refractivity contribution in [1.82, 2.24) is 4.90 Å². The first-order valence-corrected chi connectivity index (χ1v) is 8.43. The number of nitrogens with two attached hydrogens (primary N) is 1. The molecule has 134 valence electrons. The van der Waals surface area contributed by atoms with Gasteiger partial charge in [-0.05, 0) is 12.8 Å². The quantitative estimate of drug-likeness (QED) is 0.432. The van der Waals surface area contributed by atoms with Crippen LogP contribution in [-0.2, 0) is 23.9 Å². The van der Waals surface area contributed by atoms with Crippen LogP contribution in [0.25, 0.3) is 0 Å². The maximum absolute atomic E-state index is 12.1. The summed E-state index contributed by atoms with van der Waals surface area (Å²) in [6.07, 6.45) is 0.810. The Bertz CT molecular complexity index is 481. The van der Waals surface area contributed by atoms with E-state index in [1.165, 1.54) is 0 Å². The van der Waals surface area contributed by atoms with Crippen molar-refractivity contribution in [2.45, 2.75) is 50.3 Å². The van der Waals surface area contributed by atoms with E-state index in [4.69, 9.17) is 15.2 Å². The second-order valence-corrected chi connectivity index (χ2v) is 6.49. The maximum Gasteiger partial charge on any atom is 0.306 e. The van der Waals surface area contributed by atoms with E-state index in [1.807, 2.05) is 7.85 Å². The molecule has 2 aliphatic rings. The van der Waals surface area contributed by atoms with Crippen molar-refractivity contribution in [1.29, 1.82) is 0 Å². The third kappa shape index (κ3) is 4.94. The van der Waals surface area contributed by atoms with Gasteiger partial charge in [-0.1, -0.05) is 0 Å². The van der Waals surface area contributed by atoms with Crippen LogP contribution < -0.4 is 5.73 Å². The summed E-state index contributed by atoms with van der Waals surface area (Å²) in [7, 11) is 1.86. The minimum atomic E-state index is -0.493. The van der Waals surface area contributed by atoms with E-state index in [9.17, 15) is 19.5 Å². The van der Waals surface area contributed by atoms with Crippen LogP contribution >= 0.6 is 0 Å². The third-order valence-electron chi connectivity index (χ3n) is 4.64. The van der Waals surface area contributed by atoms with Gasteiger partial charge in [-0.2, -0.15) is 0 Å². The lowest BCUT2D eigenvalue weighted by Gasteiger charge is -2.30. The van der Waals surface area contributed by atoms with Gasteiger partial charge in [-0.25, -0.2) is 0 Å². The first kappa shape index (κ1) is 18.7. The number of likely N-dealkylation sites (tertiary alicyclic amines) is 1. The number of nitrogens with zero attached hydrogens (tertiary/aromatic N) is 1. The van der Waals surface area contributed by atoms with Crippen LogP contribution in [0.4, 0.5) is 0 Å². The van der Waals surface area contributed by atoms with Crippen molar-refractivity contribution in [3.05, 3.63) is 0 Å². The Morgan fingerprint density at radius 3 is 2.50 bits per heavy atom. The monoisotopic (exact) mass is 340 g/mol. The van der Waals surface area contributed by atoms with Crippen LogP contribution in [0.3, 0.4) is 0 Å². The number of piperidine rings is 1. The molecule has 0 aromatic carbocycles. The Labute approximate surface area is 142 Å². The molecule has 9 heteroatoms. The first-order chi connectivity index (χ1) is 11.4. The van der Waals surface area contributed by atoms with Gasteiger partial charge in [0.05, 0.1) is 13.0 Å². The van der Waals surface area contributed by atoms with Crippen LogP contribution in [-0.4, -0.2) is 73.5 Å². The number of hydrogen-bond donors (Lipinski definition) is 2. The second kappa shape index (κ2) is 8.48. The summed E-state index contributed by atoms with van der Waals surface area (Å²) >= 11 is 0. The fourth-order valence-electron chi connectivity index (χ4n) is 3.21. The zero-order valence-corrected chi connectivity index (χ0v) is 14.0. The summed E-state index contributed by atoms with van der Waals surface area (Å²) in [6, 6.07) is -0.0619. The first-order valence-electron chi connectivity index (χ1n) is 8.43. The molecule has 2 aliphatic heterocycles. The molecule has 2 amide bonds. The second-order valence-electron chi connectivity index (χ2n) is 6.49. The molecule has 24 heavy (non-hydrogen) atoms. The molecule has 0 spiro atoms. The maximum atomic E-state index is 12.1. The van der Waals surface area contributed by atoms with Gasteiger partial charge in [0.1, 0.15) is 20.1 Å². The van der Waals surface area contributed by atoms with Crippen molar-refractivity contribution >= 4 is 25.6 Å². The molecule has 0 bridgehead atoms. The van der Waals surface area contributed by atoms with Gasteiger partial charge >= 0.3 is 5.97 Å². The summed E-state index contributed by atoms with van der Waals surface area (Å²) in [5, 5.41) is 9.21. The average molecular weight is 340 g/mol. The van der Waals surface area contributed by atoms with Gasteiger partial charge < -0.3 is 25.2 Å². The predicted octanol–water partition coefficient (Wildman–Crippen LogP) is -1.86. The largest absolute Gasteiger partial charge is 0.459 e. The molecule has 2 fully saturated rings. The van der Waals surface area contributed by atoms with E-state index >= 15 is 0 Å². The van der Waals surface area contributed by atoms with E-state index in [0.29, 0.717) is 32.4 Å². The summed E-state index contributed by atoms with van der Waals surface area (Å²) in [5.74, 6) is -1.07. The van der Waals surface area contributed by atoms with Crippen LogP contribution in [0.15, 0.2) is 0 Å². The summed E-state index contributed by atoms with van der Waals surface area (Å²) in [5.41, 5.74) is 5.27. The van der Waals surface area contributed by atoms with E-state index in [0.717, 1.165) is 0 Å². The molecule has 2 rings (SSSR count). The number of carbonyl (C=O) groups is 3. The zero-order chi connectivity index (χ0) is 17.7. The summed E-state index contributed by atoms with van der Waals surface area (Å²) in [4.78, 5) is 36.8. The van der Waals surface area contributed by atoms with E-state index in [2.05, 4.69) is 0 Å².